The SMILES string of the molecule is COCC(C)NC(=O)C(CC(C)C)NC(=O)c1ccccc1C. The van der Waals surface area contributed by atoms with Crippen LogP contribution in [0, 0.1) is 12.8 Å². The second-order valence-electron chi connectivity index (χ2n) is 6.34. The van der Waals surface area contributed by atoms with Crippen LogP contribution >= 0.6 is 0 Å². The van der Waals surface area contributed by atoms with Gasteiger partial charge in [-0.15, -0.1) is 0 Å². The Bertz CT molecular complexity index is 529. The average Bonchev–Trinajstić information content (AvgIpc) is 2.46. The maximum Gasteiger partial charge on any atom is 0.252 e. The van der Waals surface area contributed by atoms with Crippen molar-refractivity contribution in [2.75, 3.05) is 13.7 Å². The van der Waals surface area contributed by atoms with Crippen LogP contribution in [-0.4, -0.2) is 37.6 Å². The van der Waals surface area contributed by atoms with Crippen molar-refractivity contribution in [3.63, 3.8) is 0 Å². The molecule has 0 aliphatic carbocycles. The highest BCUT2D eigenvalue weighted by Crippen LogP contribution is 2.10. The van der Waals surface area contributed by atoms with Crippen molar-refractivity contribution in [1.82, 2.24) is 10.6 Å². The number of rotatable bonds is 8. The van der Waals surface area contributed by atoms with Gasteiger partial charge in [-0.05, 0) is 37.8 Å². The van der Waals surface area contributed by atoms with E-state index in [-0.39, 0.29) is 17.9 Å². The molecule has 2 unspecified atom stereocenters. The van der Waals surface area contributed by atoms with Gasteiger partial charge in [0.1, 0.15) is 6.04 Å². The summed E-state index contributed by atoms with van der Waals surface area (Å²) in [7, 11) is 1.59. The monoisotopic (exact) mass is 320 g/mol. The summed E-state index contributed by atoms with van der Waals surface area (Å²) >= 11 is 0. The van der Waals surface area contributed by atoms with Crippen LogP contribution in [0.2, 0.25) is 0 Å². The van der Waals surface area contributed by atoms with Gasteiger partial charge in [0, 0.05) is 18.7 Å². The van der Waals surface area contributed by atoms with E-state index in [4.69, 9.17) is 4.74 Å². The van der Waals surface area contributed by atoms with Gasteiger partial charge in [0.25, 0.3) is 5.91 Å². The Kier molecular flexibility index (Phi) is 7.75. The molecular weight excluding hydrogens is 292 g/mol. The second-order valence-corrected chi connectivity index (χ2v) is 6.34. The van der Waals surface area contributed by atoms with Crippen LogP contribution in [0.25, 0.3) is 0 Å². The molecule has 0 radical (unpaired) electrons. The standard InChI is InChI=1S/C18H28N2O3/c1-12(2)10-16(18(22)19-14(4)11-23-5)20-17(21)15-9-7-6-8-13(15)3/h6-9,12,14,16H,10-11H2,1-5H3,(H,19,22)(H,20,21). The van der Waals surface area contributed by atoms with Crippen LogP contribution in [0.5, 0.6) is 0 Å². The minimum absolute atomic E-state index is 0.0995. The number of benzene rings is 1. The van der Waals surface area contributed by atoms with Crippen molar-refractivity contribution in [2.24, 2.45) is 5.92 Å². The summed E-state index contributed by atoms with van der Waals surface area (Å²) in [5.41, 5.74) is 1.49. The van der Waals surface area contributed by atoms with Crippen molar-refractivity contribution in [2.45, 2.75) is 46.2 Å². The summed E-state index contributed by atoms with van der Waals surface area (Å²) < 4.78 is 5.03. The molecule has 0 saturated heterocycles. The van der Waals surface area contributed by atoms with Gasteiger partial charge in [0.05, 0.1) is 6.61 Å². The number of methoxy groups -OCH3 is 1. The normalized spacial score (nSPS) is 13.5. The lowest BCUT2D eigenvalue weighted by Crippen LogP contribution is -2.50. The zero-order chi connectivity index (χ0) is 17.4. The fourth-order valence-corrected chi connectivity index (χ4v) is 2.40. The number of hydrogen-bond acceptors (Lipinski definition) is 3. The van der Waals surface area contributed by atoms with Gasteiger partial charge in [-0.2, -0.15) is 0 Å². The van der Waals surface area contributed by atoms with E-state index in [0.29, 0.717) is 24.5 Å². The van der Waals surface area contributed by atoms with E-state index < -0.39 is 6.04 Å². The molecule has 0 aromatic heterocycles. The molecule has 0 fully saturated rings. The Morgan fingerprint density at radius 2 is 1.78 bits per heavy atom. The number of hydrogen-bond donors (Lipinski definition) is 2. The maximum absolute atomic E-state index is 12.5. The minimum atomic E-state index is -0.554. The molecule has 2 amide bonds. The number of nitrogens with one attached hydrogen (secondary N) is 2. The first-order valence-corrected chi connectivity index (χ1v) is 8.01. The Hall–Kier alpha value is -1.88. The maximum atomic E-state index is 12.5. The smallest absolute Gasteiger partial charge is 0.252 e. The van der Waals surface area contributed by atoms with Crippen molar-refractivity contribution in [3.05, 3.63) is 35.4 Å². The first-order chi connectivity index (χ1) is 10.8. The van der Waals surface area contributed by atoms with Crippen LogP contribution < -0.4 is 10.6 Å². The lowest BCUT2D eigenvalue weighted by molar-refractivity contribution is -0.124. The first kappa shape index (κ1) is 19.2. The number of aryl methyl sites for hydroxylation is 1. The number of ether oxygens (including phenoxy) is 1. The molecule has 1 rings (SSSR count). The Morgan fingerprint density at radius 1 is 1.13 bits per heavy atom. The Labute approximate surface area is 138 Å². The van der Waals surface area contributed by atoms with Gasteiger partial charge in [0.2, 0.25) is 5.91 Å². The van der Waals surface area contributed by atoms with E-state index in [2.05, 4.69) is 10.6 Å². The third kappa shape index (κ3) is 6.40. The van der Waals surface area contributed by atoms with E-state index in [9.17, 15) is 9.59 Å². The molecule has 128 valence electrons. The minimum Gasteiger partial charge on any atom is -0.383 e. The van der Waals surface area contributed by atoms with Crippen LogP contribution in [0.1, 0.15) is 43.1 Å². The fraction of sp³-hybridized carbons (Fsp3) is 0.556. The molecule has 5 nitrogen and oxygen atoms in total. The molecule has 5 heteroatoms. The van der Waals surface area contributed by atoms with Crippen LogP contribution in [0.15, 0.2) is 24.3 Å². The molecule has 0 aliphatic rings. The predicted molar refractivity (Wildman–Crippen MR) is 91.4 cm³/mol. The zero-order valence-corrected chi connectivity index (χ0v) is 14.7. The van der Waals surface area contributed by atoms with Crippen LogP contribution in [-0.2, 0) is 9.53 Å². The zero-order valence-electron chi connectivity index (χ0n) is 14.7. The highest BCUT2D eigenvalue weighted by molar-refractivity contribution is 5.98. The molecular formula is C18H28N2O3. The molecule has 2 atom stereocenters. The summed E-state index contributed by atoms with van der Waals surface area (Å²) in [5.74, 6) is -0.103. The van der Waals surface area contributed by atoms with E-state index in [1.165, 1.54) is 0 Å². The molecule has 0 aliphatic heterocycles. The number of carbonyl (C=O) groups excluding carboxylic acids is 2. The van der Waals surface area contributed by atoms with E-state index in [1.54, 1.807) is 13.2 Å². The van der Waals surface area contributed by atoms with Gasteiger partial charge in [-0.1, -0.05) is 32.0 Å². The highest BCUT2D eigenvalue weighted by atomic mass is 16.5. The number of amides is 2. The van der Waals surface area contributed by atoms with E-state index in [0.717, 1.165) is 5.56 Å². The molecule has 0 heterocycles. The summed E-state index contributed by atoms with van der Waals surface area (Å²) in [6, 6.07) is 6.70. The summed E-state index contributed by atoms with van der Waals surface area (Å²) in [6.45, 7) is 8.24. The average molecular weight is 320 g/mol. The third-order valence-electron chi connectivity index (χ3n) is 3.52. The summed E-state index contributed by atoms with van der Waals surface area (Å²) in [4.78, 5) is 24.9. The molecule has 1 aromatic rings. The molecule has 23 heavy (non-hydrogen) atoms. The quantitative estimate of drug-likeness (QED) is 0.772. The first-order valence-electron chi connectivity index (χ1n) is 8.01. The van der Waals surface area contributed by atoms with Crippen molar-refractivity contribution < 1.29 is 14.3 Å². The highest BCUT2D eigenvalue weighted by Gasteiger charge is 2.24. The van der Waals surface area contributed by atoms with Gasteiger partial charge < -0.3 is 15.4 Å². The Morgan fingerprint density at radius 3 is 2.35 bits per heavy atom. The van der Waals surface area contributed by atoms with Gasteiger partial charge in [0.15, 0.2) is 0 Å². The molecule has 0 bridgehead atoms. The fourth-order valence-electron chi connectivity index (χ4n) is 2.40. The molecule has 1 aromatic carbocycles. The molecule has 0 spiro atoms. The van der Waals surface area contributed by atoms with Crippen molar-refractivity contribution in [1.29, 1.82) is 0 Å². The Balaban J connectivity index is 2.80. The van der Waals surface area contributed by atoms with Crippen molar-refractivity contribution in [3.8, 4) is 0 Å². The van der Waals surface area contributed by atoms with E-state index in [1.807, 2.05) is 45.9 Å². The van der Waals surface area contributed by atoms with Gasteiger partial charge >= 0.3 is 0 Å². The predicted octanol–water partition coefficient (Wildman–Crippen LogP) is 2.29. The lowest BCUT2D eigenvalue weighted by Gasteiger charge is -2.23. The number of carbonyl (C=O) groups is 2. The lowest BCUT2D eigenvalue weighted by atomic mass is 10.0. The van der Waals surface area contributed by atoms with Crippen LogP contribution in [0.4, 0.5) is 0 Å². The largest absolute Gasteiger partial charge is 0.383 e. The third-order valence-corrected chi connectivity index (χ3v) is 3.52. The van der Waals surface area contributed by atoms with Gasteiger partial charge in [-0.3, -0.25) is 9.59 Å². The summed E-state index contributed by atoms with van der Waals surface area (Å²) in [6.07, 6.45) is 0.586. The topological polar surface area (TPSA) is 67.4 Å². The second kappa shape index (κ2) is 9.30. The molecule has 0 saturated carbocycles. The molecule has 2 N–H and O–H groups in total. The van der Waals surface area contributed by atoms with Crippen molar-refractivity contribution >= 4 is 11.8 Å². The van der Waals surface area contributed by atoms with Gasteiger partial charge in [-0.25, -0.2) is 0 Å². The van der Waals surface area contributed by atoms with E-state index >= 15 is 0 Å². The van der Waals surface area contributed by atoms with Crippen LogP contribution in [0.3, 0.4) is 0 Å². The summed E-state index contributed by atoms with van der Waals surface area (Å²) in [5, 5.41) is 5.74.